The van der Waals surface area contributed by atoms with E-state index in [1.54, 1.807) is 0 Å². The summed E-state index contributed by atoms with van der Waals surface area (Å²) in [6.45, 7) is 5.00. The Hall–Kier alpha value is -1.78. The molecule has 0 aromatic carbocycles. The number of hydrogen-bond acceptors (Lipinski definition) is 4. The predicted octanol–water partition coefficient (Wildman–Crippen LogP) is 2.34. The number of aryl methyl sites for hydroxylation is 2. The highest BCUT2D eigenvalue weighted by Crippen LogP contribution is 2.36. The van der Waals surface area contributed by atoms with Crippen molar-refractivity contribution >= 4 is 0 Å². The van der Waals surface area contributed by atoms with Crippen LogP contribution in [-0.4, -0.2) is 23.2 Å². The fraction of sp³-hybridized carbons (Fsp3) is 0.333. The van der Waals surface area contributed by atoms with Crippen LogP contribution in [0.4, 0.5) is 0 Å². The number of pyridine rings is 2. The molecule has 1 fully saturated rings. The molecule has 1 saturated heterocycles. The molecule has 0 aliphatic carbocycles. The molecule has 0 bridgehead atoms. The summed E-state index contributed by atoms with van der Waals surface area (Å²) < 4.78 is 11.8. The van der Waals surface area contributed by atoms with Crippen LogP contribution in [0, 0.1) is 13.8 Å². The van der Waals surface area contributed by atoms with Crippen molar-refractivity contribution in [1.82, 2.24) is 9.97 Å². The molecule has 0 spiro atoms. The van der Waals surface area contributed by atoms with Gasteiger partial charge in [0.15, 0.2) is 0 Å². The second kappa shape index (κ2) is 4.72. The molecule has 2 aromatic rings. The largest absolute Gasteiger partial charge is 0.337 e. The number of hydrogen-bond donors (Lipinski definition) is 0. The first-order valence-corrected chi connectivity index (χ1v) is 6.37. The van der Waals surface area contributed by atoms with Crippen LogP contribution in [0.1, 0.15) is 22.8 Å². The Balaban J connectivity index is 2.14. The third-order valence-corrected chi connectivity index (χ3v) is 3.15. The van der Waals surface area contributed by atoms with E-state index in [2.05, 4.69) is 9.97 Å². The summed E-state index contributed by atoms with van der Waals surface area (Å²) in [5.74, 6) is -0.960. The van der Waals surface area contributed by atoms with Gasteiger partial charge in [0, 0.05) is 11.4 Å². The quantitative estimate of drug-likeness (QED) is 0.827. The van der Waals surface area contributed by atoms with Crippen molar-refractivity contribution in [2.24, 2.45) is 0 Å². The van der Waals surface area contributed by atoms with Crippen molar-refractivity contribution in [3.8, 4) is 0 Å². The minimum Gasteiger partial charge on any atom is -0.337 e. The summed E-state index contributed by atoms with van der Waals surface area (Å²) in [7, 11) is 0. The molecule has 0 atom stereocenters. The van der Waals surface area contributed by atoms with E-state index in [9.17, 15) is 0 Å². The van der Waals surface area contributed by atoms with Crippen LogP contribution in [0.2, 0.25) is 0 Å². The van der Waals surface area contributed by atoms with Gasteiger partial charge in [-0.1, -0.05) is 12.1 Å². The zero-order valence-electron chi connectivity index (χ0n) is 11.1. The second-order valence-electron chi connectivity index (χ2n) is 4.64. The highest BCUT2D eigenvalue weighted by molar-refractivity contribution is 5.27. The first-order chi connectivity index (χ1) is 9.21. The van der Waals surface area contributed by atoms with Gasteiger partial charge in [-0.05, 0) is 38.1 Å². The topological polar surface area (TPSA) is 44.2 Å². The van der Waals surface area contributed by atoms with Crippen molar-refractivity contribution in [1.29, 1.82) is 0 Å². The summed E-state index contributed by atoms with van der Waals surface area (Å²) in [4.78, 5) is 9.09. The van der Waals surface area contributed by atoms with E-state index in [4.69, 9.17) is 9.47 Å². The molecule has 0 saturated carbocycles. The lowest BCUT2D eigenvalue weighted by Gasteiger charge is -2.26. The Kier molecular flexibility index (Phi) is 3.05. The maximum absolute atomic E-state index is 5.88. The molecule has 98 valence electrons. The van der Waals surface area contributed by atoms with Crippen molar-refractivity contribution in [3.63, 3.8) is 0 Å². The lowest BCUT2D eigenvalue weighted by atomic mass is 10.1. The van der Waals surface area contributed by atoms with E-state index in [0.717, 1.165) is 22.8 Å². The van der Waals surface area contributed by atoms with Gasteiger partial charge >= 0.3 is 0 Å². The smallest absolute Gasteiger partial charge is 0.257 e. The van der Waals surface area contributed by atoms with Gasteiger partial charge in [0.25, 0.3) is 5.79 Å². The molecule has 3 heterocycles. The zero-order chi connectivity index (χ0) is 13.3. The maximum atomic E-state index is 5.88. The second-order valence-corrected chi connectivity index (χ2v) is 4.64. The third kappa shape index (κ3) is 2.13. The number of ether oxygens (including phenoxy) is 2. The van der Waals surface area contributed by atoms with E-state index >= 15 is 0 Å². The maximum Gasteiger partial charge on any atom is 0.257 e. The van der Waals surface area contributed by atoms with Crippen LogP contribution < -0.4 is 0 Å². The molecule has 3 rings (SSSR count). The van der Waals surface area contributed by atoms with Gasteiger partial charge in [-0.15, -0.1) is 0 Å². The van der Waals surface area contributed by atoms with E-state index in [-0.39, 0.29) is 0 Å². The lowest BCUT2D eigenvalue weighted by molar-refractivity contribution is -0.136. The molecule has 4 heteroatoms. The standard InChI is InChI=1S/C15H16N2O2/c1-11-5-3-7-13(16-11)15(18-9-10-19-15)14-8-4-6-12(2)17-14/h3-8H,9-10H2,1-2H3. The molecule has 0 radical (unpaired) electrons. The van der Waals surface area contributed by atoms with Crippen molar-refractivity contribution in [2.45, 2.75) is 19.6 Å². The molecule has 0 amide bonds. The van der Waals surface area contributed by atoms with Gasteiger partial charge in [0.2, 0.25) is 0 Å². The van der Waals surface area contributed by atoms with Gasteiger partial charge in [0.1, 0.15) is 11.4 Å². The fourth-order valence-corrected chi connectivity index (χ4v) is 2.29. The highest BCUT2D eigenvalue weighted by atomic mass is 16.7. The van der Waals surface area contributed by atoms with Crippen molar-refractivity contribution < 1.29 is 9.47 Å². The monoisotopic (exact) mass is 256 g/mol. The molecular weight excluding hydrogens is 240 g/mol. The highest BCUT2D eigenvalue weighted by Gasteiger charge is 2.43. The van der Waals surface area contributed by atoms with Gasteiger partial charge < -0.3 is 9.47 Å². The van der Waals surface area contributed by atoms with E-state index in [0.29, 0.717) is 13.2 Å². The fourth-order valence-electron chi connectivity index (χ4n) is 2.29. The van der Waals surface area contributed by atoms with Gasteiger partial charge in [-0.25, -0.2) is 0 Å². The number of aromatic nitrogens is 2. The van der Waals surface area contributed by atoms with Gasteiger partial charge in [-0.3, -0.25) is 9.97 Å². The Morgan fingerprint density at radius 3 is 1.74 bits per heavy atom. The minimum absolute atomic E-state index is 0.547. The summed E-state index contributed by atoms with van der Waals surface area (Å²) in [6.07, 6.45) is 0. The molecule has 1 aliphatic rings. The average Bonchev–Trinajstić information content (AvgIpc) is 2.89. The van der Waals surface area contributed by atoms with Gasteiger partial charge in [-0.2, -0.15) is 0 Å². The van der Waals surface area contributed by atoms with Crippen LogP contribution in [0.5, 0.6) is 0 Å². The molecule has 0 N–H and O–H groups in total. The number of nitrogens with zero attached hydrogens (tertiary/aromatic N) is 2. The molecule has 4 nitrogen and oxygen atoms in total. The predicted molar refractivity (Wildman–Crippen MR) is 70.6 cm³/mol. The minimum atomic E-state index is -0.960. The Labute approximate surface area is 112 Å². The van der Waals surface area contributed by atoms with Crippen LogP contribution in [0.15, 0.2) is 36.4 Å². The number of rotatable bonds is 2. The van der Waals surface area contributed by atoms with E-state index in [1.807, 2.05) is 50.2 Å². The Morgan fingerprint density at radius 2 is 1.32 bits per heavy atom. The molecule has 2 aromatic heterocycles. The molecular formula is C15H16N2O2. The van der Waals surface area contributed by atoms with E-state index in [1.165, 1.54) is 0 Å². The lowest BCUT2D eigenvalue weighted by Crippen LogP contribution is -2.31. The van der Waals surface area contributed by atoms with Gasteiger partial charge in [0.05, 0.1) is 13.2 Å². The Morgan fingerprint density at radius 1 is 0.842 bits per heavy atom. The zero-order valence-corrected chi connectivity index (χ0v) is 11.1. The van der Waals surface area contributed by atoms with Crippen LogP contribution in [0.3, 0.4) is 0 Å². The van der Waals surface area contributed by atoms with Crippen molar-refractivity contribution in [3.05, 3.63) is 59.2 Å². The first-order valence-electron chi connectivity index (χ1n) is 6.37. The summed E-state index contributed by atoms with van der Waals surface area (Å²) in [5, 5.41) is 0. The third-order valence-electron chi connectivity index (χ3n) is 3.15. The average molecular weight is 256 g/mol. The first kappa shape index (κ1) is 12.3. The Bertz CT molecular complexity index is 545. The summed E-state index contributed by atoms with van der Waals surface area (Å²) in [5.41, 5.74) is 3.37. The van der Waals surface area contributed by atoms with E-state index < -0.39 is 5.79 Å². The van der Waals surface area contributed by atoms with Crippen LogP contribution in [-0.2, 0) is 15.3 Å². The molecule has 19 heavy (non-hydrogen) atoms. The molecule has 1 aliphatic heterocycles. The van der Waals surface area contributed by atoms with Crippen LogP contribution >= 0.6 is 0 Å². The SMILES string of the molecule is Cc1cccc(C2(c3cccc(C)n3)OCCO2)n1. The summed E-state index contributed by atoms with van der Waals surface area (Å²) in [6, 6.07) is 11.7. The van der Waals surface area contributed by atoms with Crippen LogP contribution in [0.25, 0.3) is 0 Å². The summed E-state index contributed by atoms with van der Waals surface area (Å²) >= 11 is 0. The van der Waals surface area contributed by atoms with Crippen molar-refractivity contribution in [2.75, 3.05) is 13.2 Å². The normalized spacial score (nSPS) is 17.6. The molecule has 0 unspecified atom stereocenters.